The summed E-state index contributed by atoms with van der Waals surface area (Å²) in [5, 5.41) is 0. The number of ether oxygens (including phenoxy) is 4. The molecule has 0 saturated carbocycles. The van der Waals surface area contributed by atoms with Crippen LogP contribution < -0.4 is 0 Å². The molecule has 37 heavy (non-hydrogen) atoms. The summed E-state index contributed by atoms with van der Waals surface area (Å²) >= 11 is 0. The van der Waals surface area contributed by atoms with Gasteiger partial charge in [0.15, 0.2) is 0 Å². The van der Waals surface area contributed by atoms with Crippen LogP contribution in [0, 0.1) is 16.7 Å². The molecule has 216 valence electrons. The predicted octanol–water partition coefficient (Wildman–Crippen LogP) is 3.32. The third-order valence-electron chi connectivity index (χ3n) is 6.43. The maximum atomic E-state index is 12.4. The van der Waals surface area contributed by atoms with E-state index in [1.54, 1.807) is 20.8 Å². The van der Waals surface area contributed by atoms with Crippen molar-refractivity contribution in [1.82, 2.24) is 0 Å². The maximum Gasteiger partial charge on any atom is 0.469 e. The SMILES string of the molecule is CCC(C)(CCC(CCC(CCC(C)(C)C(=O)OCCOP(=O)(O)O)C(=O)OC)OC(C)=O)C(=O)OC. The molecule has 0 rings (SSSR count). The van der Waals surface area contributed by atoms with Crippen LogP contribution in [-0.2, 0) is 47.2 Å². The standard InChI is InChI=1S/C24H43O12P/c1-8-24(5,22(28)33-7)14-12-19(36-17(2)25)10-9-18(20(26)32-6)11-13-23(3,4)21(27)34-15-16-35-37(29,30)31/h18-19H,8-16H2,1-7H3,(H2,29,30,31). The largest absolute Gasteiger partial charge is 0.469 e. The zero-order chi connectivity index (χ0) is 28.9. The summed E-state index contributed by atoms with van der Waals surface area (Å²) in [5.74, 6) is -2.46. The van der Waals surface area contributed by atoms with Crippen LogP contribution in [0.1, 0.15) is 79.6 Å². The van der Waals surface area contributed by atoms with E-state index in [0.29, 0.717) is 32.1 Å². The molecule has 0 heterocycles. The summed E-state index contributed by atoms with van der Waals surface area (Å²) in [6, 6.07) is 0. The van der Waals surface area contributed by atoms with E-state index in [1.165, 1.54) is 21.1 Å². The Morgan fingerprint density at radius 3 is 1.97 bits per heavy atom. The quantitative estimate of drug-likeness (QED) is 0.110. The van der Waals surface area contributed by atoms with E-state index in [4.69, 9.17) is 28.7 Å². The first-order chi connectivity index (χ1) is 17.0. The molecule has 3 unspecified atom stereocenters. The number of phosphoric acid groups is 1. The monoisotopic (exact) mass is 554 g/mol. The first-order valence-electron chi connectivity index (χ1n) is 12.2. The summed E-state index contributed by atoms with van der Waals surface area (Å²) in [4.78, 5) is 66.1. The van der Waals surface area contributed by atoms with Gasteiger partial charge in [0.2, 0.25) is 0 Å². The molecule has 0 spiro atoms. The van der Waals surface area contributed by atoms with Gasteiger partial charge in [0.25, 0.3) is 0 Å². The average Bonchev–Trinajstić information content (AvgIpc) is 2.82. The van der Waals surface area contributed by atoms with Gasteiger partial charge in [0.1, 0.15) is 12.7 Å². The highest BCUT2D eigenvalue weighted by molar-refractivity contribution is 7.46. The molecule has 0 amide bonds. The summed E-state index contributed by atoms with van der Waals surface area (Å²) in [6.45, 7) is 7.44. The second-order valence-electron chi connectivity index (χ2n) is 9.86. The lowest BCUT2D eigenvalue weighted by atomic mass is 9.80. The zero-order valence-electron chi connectivity index (χ0n) is 22.9. The fourth-order valence-electron chi connectivity index (χ4n) is 3.70. The van der Waals surface area contributed by atoms with Gasteiger partial charge in [-0.15, -0.1) is 0 Å². The summed E-state index contributed by atoms with van der Waals surface area (Å²) in [5.41, 5.74) is -1.72. The second kappa shape index (κ2) is 16.1. The number of hydrogen-bond acceptors (Lipinski definition) is 10. The van der Waals surface area contributed by atoms with E-state index < -0.39 is 55.2 Å². The number of phosphoric ester groups is 1. The van der Waals surface area contributed by atoms with Crippen LogP contribution in [-0.4, -0.2) is 67.2 Å². The lowest BCUT2D eigenvalue weighted by molar-refractivity contribution is -0.157. The lowest BCUT2D eigenvalue weighted by Crippen LogP contribution is -2.31. The normalized spacial score (nSPS) is 15.2. The van der Waals surface area contributed by atoms with Gasteiger partial charge in [0.05, 0.1) is 37.6 Å². The zero-order valence-corrected chi connectivity index (χ0v) is 23.8. The highest BCUT2D eigenvalue weighted by atomic mass is 31.2. The molecule has 2 N–H and O–H groups in total. The van der Waals surface area contributed by atoms with Gasteiger partial charge in [-0.1, -0.05) is 6.92 Å². The molecule has 0 aromatic heterocycles. The summed E-state index contributed by atoms with van der Waals surface area (Å²) < 4.78 is 35.3. The molecular formula is C24H43O12P. The van der Waals surface area contributed by atoms with Crippen LogP contribution in [0.15, 0.2) is 0 Å². The van der Waals surface area contributed by atoms with Crippen molar-refractivity contribution in [1.29, 1.82) is 0 Å². The Bertz CT molecular complexity index is 806. The Labute approximate surface area is 218 Å². The van der Waals surface area contributed by atoms with Crippen molar-refractivity contribution < 1.29 is 57.0 Å². The molecule has 3 atom stereocenters. The molecule has 0 aliphatic heterocycles. The van der Waals surface area contributed by atoms with E-state index in [9.17, 15) is 23.7 Å². The number of methoxy groups -OCH3 is 2. The smallest absolute Gasteiger partial charge is 0.469 e. The molecule has 0 aliphatic carbocycles. The number of rotatable bonds is 18. The van der Waals surface area contributed by atoms with Crippen molar-refractivity contribution in [2.45, 2.75) is 85.7 Å². The van der Waals surface area contributed by atoms with Crippen molar-refractivity contribution in [3.8, 4) is 0 Å². The van der Waals surface area contributed by atoms with Crippen LogP contribution in [0.25, 0.3) is 0 Å². The van der Waals surface area contributed by atoms with Crippen molar-refractivity contribution >= 4 is 31.7 Å². The van der Waals surface area contributed by atoms with E-state index in [2.05, 4.69) is 4.52 Å². The molecule has 0 aliphatic rings. The van der Waals surface area contributed by atoms with E-state index >= 15 is 0 Å². The lowest BCUT2D eigenvalue weighted by Gasteiger charge is -2.28. The fraction of sp³-hybridized carbons (Fsp3) is 0.833. The van der Waals surface area contributed by atoms with Gasteiger partial charge in [0, 0.05) is 6.92 Å². The van der Waals surface area contributed by atoms with Crippen molar-refractivity contribution in [3.63, 3.8) is 0 Å². The molecular weight excluding hydrogens is 511 g/mol. The van der Waals surface area contributed by atoms with Crippen LogP contribution >= 0.6 is 7.82 Å². The summed E-state index contributed by atoms with van der Waals surface area (Å²) in [6.07, 6.45) is 2.09. The Hall–Kier alpha value is -2.01. The minimum Gasteiger partial charge on any atom is -0.469 e. The number of carbonyl (C=O) groups is 4. The molecule has 0 fully saturated rings. The van der Waals surface area contributed by atoms with Crippen molar-refractivity contribution in [3.05, 3.63) is 0 Å². The predicted molar refractivity (Wildman–Crippen MR) is 132 cm³/mol. The Kier molecular flexibility index (Phi) is 15.2. The Morgan fingerprint density at radius 1 is 0.865 bits per heavy atom. The average molecular weight is 555 g/mol. The minimum atomic E-state index is -4.65. The van der Waals surface area contributed by atoms with Crippen LogP contribution in [0.4, 0.5) is 0 Å². The van der Waals surface area contributed by atoms with Gasteiger partial charge < -0.3 is 28.7 Å². The number of carbonyl (C=O) groups excluding carboxylic acids is 4. The van der Waals surface area contributed by atoms with Gasteiger partial charge in [-0.25, -0.2) is 4.57 Å². The van der Waals surface area contributed by atoms with Gasteiger partial charge in [-0.3, -0.25) is 23.7 Å². The van der Waals surface area contributed by atoms with E-state index in [0.717, 1.165) is 0 Å². The topological polar surface area (TPSA) is 172 Å². The van der Waals surface area contributed by atoms with Crippen LogP contribution in [0.5, 0.6) is 0 Å². The second-order valence-corrected chi connectivity index (χ2v) is 11.1. The highest BCUT2D eigenvalue weighted by Crippen LogP contribution is 2.36. The van der Waals surface area contributed by atoms with Crippen LogP contribution in [0.2, 0.25) is 0 Å². The Balaban J connectivity index is 5.13. The number of esters is 4. The molecule has 12 nitrogen and oxygen atoms in total. The van der Waals surface area contributed by atoms with Gasteiger partial charge >= 0.3 is 31.7 Å². The highest BCUT2D eigenvalue weighted by Gasteiger charge is 2.35. The minimum absolute atomic E-state index is 0.263. The van der Waals surface area contributed by atoms with Gasteiger partial charge in [-0.05, 0) is 65.7 Å². The van der Waals surface area contributed by atoms with Crippen molar-refractivity contribution in [2.75, 3.05) is 27.4 Å². The molecule has 0 aromatic rings. The fourth-order valence-corrected chi connectivity index (χ4v) is 4.02. The molecule has 0 bridgehead atoms. The van der Waals surface area contributed by atoms with E-state index in [-0.39, 0.29) is 25.4 Å². The first kappa shape index (κ1) is 35.0. The Morgan fingerprint density at radius 2 is 1.49 bits per heavy atom. The molecule has 13 heteroatoms. The number of hydrogen-bond donors (Lipinski definition) is 2. The third-order valence-corrected chi connectivity index (χ3v) is 6.95. The third kappa shape index (κ3) is 13.9. The van der Waals surface area contributed by atoms with E-state index in [1.807, 2.05) is 6.92 Å². The van der Waals surface area contributed by atoms with Crippen LogP contribution in [0.3, 0.4) is 0 Å². The maximum absolute atomic E-state index is 12.4. The molecule has 0 saturated heterocycles. The molecule has 0 aromatic carbocycles. The van der Waals surface area contributed by atoms with Gasteiger partial charge in [-0.2, -0.15) is 0 Å². The summed E-state index contributed by atoms with van der Waals surface area (Å²) in [7, 11) is -2.06. The molecule has 0 radical (unpaired) electrons. The van der Waals surface area contributed by atoms with Crippen molar-refractivity contribution in [2.24, 2.45) is 16.7 Å². The first-order valence-corrected chi connectivity index (χ1v) is 13.7.